The molecule has 0 aromatic carbocycles. The average molecular weight is 274 g/mol. The molecule has 0 aliphatic carbocycles. The molecule has 10 heavy (non-hydrogen) atoms. The van der Waals surface area contributed by atoms with Crippen LogP contribution in [0.4, 0.5) is 0 Å². The first kappa shape index (κ1) is 10.2. The van der Waals surface area contributed by atoms with Gasteiger partial charge in [-0.25, -0.2) is 0 Å². The number of amides is 1. The van der Waals surface area contributed by atoms with Gasteiger partial charge in [-0.1, -0.05) is 40.3 Å². The summed E-state index contributed by atoms with van der Waals surface area (Å²) in [5, 5.41) is 0. The lowest BCUT2D eigenvalue weighted by molar-refractivity contribution is -0.118. The molecule has 58 valence electrons. The minimum Gasteiger partial charge on any atom is -0.370 e. The number of alkyl halides is 1. The maximum atomic E-state index is 10.3. The molecule has 1 atom stereocenters. The number of hydrogen-bond donors (Lipinski definition) is 1. The van der Waals surface area contributed by atoms with E-state index in [1.165, 1.54) is 5.54 Å². The summed E-state index contributed by atoms with van der Waals surface area (Å²) in [4.78, 5) is 10.3. The van der Waals surface area contributed by atoms with Gasteiger partial charge in [-0.05, 0) is 6.42 Å². The molecule has 0 saturated carbocycles. The van der Waals surface area contributed by atoms with Gasteiger partial charge in [0.15, 0.2) is 0 Å². The molecule has 1 unspecified atom stereocenters. The molecule has 1 amide bonds. The minimum absolute atomic E-state index is 0.260. The zero-order valence-corrected chi connectivity index (χ0v) is 8.30. The van der Waals surface area contributed by atoms with Crippen LogP contribution in [0.3, 0.4) is 0 Å². The van der Waals surface area contributed by atoms with Crippen LogP contribution in [0.1, 0.15) is 12.8 Å². The lowest BCUT2D eigenvalue weighted by atomic mass is 10.2. The minimum atomic E-state index is -0.260. The summed E-state index contributed by atoms with van der Waals surface area (Å²) in [5.74, 6) is -0.260. The van der Waals surface area contributed by atoms with Gasteiger partial charge in [0.1, 0.15) is 0 Å². The van der Waals surface area contributed by atoms with Crippen molar-refractivity contribution in [3.63, 3.8) is 0 Å². The van der Waals surface area contributed by atoms with Crippen molar-refractivity contribution < 1.29 is 4.79 Å². The molecule has 0 fully saturated rings. The van der Waals surface area contributed by atoms with Gasteiger partial charge in [0, 0.05) is 15.9 Å². The van der Waals surface area contributed by atoms with E-state index in [0.29, 0.717) is 10.3 Å². The summed E-state index contributed by atoms with van der Waals surface area (Å²) in [6, 6.07) is 0. The number of allylic oxidation sites excluding steroid dienone is 1. The molecule has 0 saturated heterocycles. The second-order valence-corrected chi connectivity index (χ2v) is 3.69. The summed E-state index contributed by atoms with van der Waals surface area (Å²) >= 11 is 7.51. The number of primary amides is 1. The molecule has 0 spiro atoms. The predicted octanol–water partition coefficient (Wildman–Crippen LogP) is 1.81. The number of hydrogen-bond acceptors (Lipinski definition) is 1. The predicted molar refractivity (Wildman–Crippen MR) is 51.2 cm³/mol. The van der Waals surface area contributed by atoms with E-state index in [1.54, 1.807) is 0 Å². The van der Waals surface area contributed by atoms with Crippen molar-refractivity contribution in [2.75, 3.05) is 0 Å². The van der Waals surface area contributed by atoms with Crippen LogP contribution in [0.25, 0.3) is 0 Å². The summed E-state index contributed by atoms with van der Waals surface area (Å²) in [6.45, 7) is 0. The van der Waals surface area contributed by atoms with Gasteiger partial charge in [-0.2, -0.15) is 0 Å². The van der Waals surface area contributed by atoms with Crippen LogP contribution in [0.2, 0.25) is 0 Å². The SMILES string of the molecule is NC(=O)CCC(I)/C=C/Cl. The number of carbonyl (C=O) groups excluding carboxylic acids is 1. The Hall–Kier alpha value is 0.230. The van der Waals surface area contributed by atoms with E-state index in [0.717, 1.165) is 6.42 Å². The van der Waals surface area contributed by atoms with Crippen molar-refractivity contribution in [2.24, 2.45) is 5.73 Å². The van der Waals surface area contributed by atoms with Gasteiger partial charge in [0.25, 0.3) is 0 Å². The Morgan fingerprint density at radius 2 is 2.40 bits per heavy atom. The Kier molecular flexibility index (Phi) is 6.11. The van der Waals surface area contributed by atoms with E-state index in [-0.39, 0.29) is 5.91 Å². The highest BCUT2D eigenvalue weighted by atomic mass is 127. The lowest BCUT2D eigenvalue weighted by Gasteiger charge is -1.99. The summed E-state index contributed by atoms with van der Waals surface area (Å²) in [5.41, 5.74) is 6.39. The van der Waals surface area contributed by atoms with E-state index in [9.17, 15) is 4.79 Å². The standard InChI is InChI=1S/C6H9ClINO/c7-4-3-5(8)1-2-6(9)10/h3-5H,1-2H2,(H2,9,10)/b4-3+. The van der Waals surface area contributed by atoms with Gasteiger partial charge < -0.3 is 5.73 Å². The zero-order chi connectivity index (χ0) is 7.98. The maximum absolute atomic E-state index is 10.3. The Morgan fingerprint density at radius 1 is 1.80 bits per heavy atom. The average Bonchev–Trinajstić information content (AvgIpc) is 1.85. The van der Waals surface area contributed by atoms with Crippen molar-refractivity contribution in [1.29, 1.82) is 0 Å². The Bertz CT molecular complexity index is 138. The highest BCUT2D eigenvalue weighted by molar-refractivity contribution is 14.1. The summed E-state index contributed by atoms with van der Waals surface area (Å²) in [7, 11) is 0. The smallest absolute Gasteiger partial charge is 0.217 e. The fourth-order valence-corrected chi connectivity index (χ4v) is 1.40. The number of halogens is 2. The van der Waals surface area contributed by atoms with Crippen LogP contribution in [-0.4, -0.2) is 9.83 Å². The Morgan fingerprint density at radius 3 is 2.80 bits per heavy atom. The summed E-state index contributed by atoms with van der Waals surface area (Å²) in [6.07, 6.45) is 3.01. The van der Waals surface area contributed by atoms with Gasteiger partial charge in [-0.3, -0.25) is 4.79 Å². The quantitative estimate of drug-likeness (QED) is 0.616. The van der Waals surface area contributed by atoms with Gasteiger partial charge in [-0.15, -0.1) is 0 Å². The highest BCUT2D eigenvalue weighted by Crippen LogP contribution is 2.10. The van der Waals surface area contributed by atoms with Crippen molar-refractivity contribution in [3.05, 3.63) is 11.6 Å². The maximum Gasteiger partial charge on any atom is 0.217 e. The molecular formula is C6H9ClINO. The topological polar surface area (TPSA) is 43.1 Å². The molecule has 4 heteroatoms. The van der Waals surface area contributed by atoms with Crippen LogP contribution in [-0.2, 0) is 4.79 Å². The van der Waals surface area contributed by atoms with Gasteiger partial charge in [0.05, 0.1) is 0 Å². The van der Waals surface area contributed by atoms with E-state index < -0.39 is 0 Å². The fraction of sp³-hybridized carbons (Fsp3) is 0.500. The van der Waals surface area contributed by atoms with Gasteiger partial charge in [0.2, 0.25) is 5.91 Å². The van der Waals surface area contributed by atoms with E-state index in [1.807, 2.05) is 6.08 Å². The fourth-order valence-electron chi connectivity index (χ4n) is 0.455. The van der Waals surface area contributed by atoms with Crippen molar-refractivity contribution in [2.45, 2.75) is 16.8 Å². The van der Waals surface area contributed by atoms with Crippen LogP contribution in [0.15, 0.2) is 11.6 Å². The number of carbonyl (C=O) groups is 1. The number of nitrogens with two attached hydrogens (primary N) is 1. The molecule has 0 bridgehead atoms. The van der Waals surface area contributed by atoms with Crippen molar-refractivity contribution in [1.82, 2.24) is 0 Å². The van der Waals surface area contributed by atoms with Crippen LogP contribution < -0.4 is 5.73 Å². The lowest BCUT2D eigenvalue weighted by Crippen LogP contribution is -2.11. The zero-order valence-electron chi connectivity index (χ0n) is 5.39. The van der Waals surface area contributed by atoms with Crippen molar-refractivity contribution >= 4 is 40.1 Å². The van der Waals surface area contributed by atoms with Crippen molar-refractivity contribution in [3.8, 4) is 0 Å². The molecule has 2 N–H and O–H groups in total. The molecule has 0 radical (unpaired) electrons. The Labute approximate surface area is 78.9 Å². The van der Waals surface area contributed by atoms with Gasteiger partial charge >= 0.3 is 0 Å². The molecular weight excluding hydrogens is 264 g/mol. The largest absolute Gasteiger partial charge is 0.370 e. The first-order valence-corrected chi connectivity index (χ1v) is 4.54. The van der Waals surface area contributed by atoms with Crippen LogP contribution in [0, 0.1) is 0 Å². The molecule has 0 rings (SSSR count). The van der Waals surface area contributed by atoms with E-state index in [4.69, 9.17) is 17.3 Å². The summed E-state index contributed by atoms with van der Waals surface area (Å²) < 4.78 is 0.308. The Balaban J connectivity index is 3.39. The monoisotopic (exact) mass is 273 g/mol. The first-order chi connectivity index (χ1) is 4.66. The van der Waals surface area contributed by atoms with Crippen LogP contribution in [0.5, 0.6) is 0 Å². The van der Waals surface area contributed by atoms with E-state index >= 15 is 0 Å². The molecule has 0 heterocycles. The van der Waals surface area contributed by atoms with Crippen LogP contribution >= 0.6 is 34.2 Å². The first-order valence-electron chi connectivity index (χ1n) is 2.86. The third-order valence-corrected chi connectivity index (χ3v) is 2.13. The highest BCUT2D eigenvalue weighted by Gasteiger charge is 2.00. The normalized spacial score (nSPS) is 13.8. The molecule has 0 aliphatic rings. The second kappa shape index (κ2) is 5.97. The third-order valence-electron chi connectivity index (χ3n) is 0.948. The second-order valence-electron chi connectivity index (χ2n) is 1.84. The molecule has 0 aromatic heterocycles. The number of rotatable bonds is 4. The molecule has 2 nitrogen and oxygen atoms in total. The van der Waals surface area contributed by atoms with E-state index in [2.05, 4.69) is 22.6 Å². The third kappa shape index (κ3) is 6.35. The molecule has 0 aromatic rings. The molecule has 0 aliphatic heterocycles.